The summed E-state index contributed by atoms with van der Waals surface area (Å²) in [6.07, 6.45) is 8.81. The summed E-state index contributed by atoms with van der Waals surface area (Å²) >= 11 is 1.79. The van der Waals surface area contributed by atoms with E-state index in [4.69, 9.17) is 5.73 Å². The van der Waals surface area contributed by atoms with Gasteiger partial charge >= 0.3 is 0 Å². The smallest absolute Gasteiger partial charge is 0.0323 e. The van der Waals surface area contributed by atoms with Crippen molar-refractivity contribution in [3.8, 4) is 0 Å². The molecule has 0 aliphatic heterocycles. The predicted octanol–water partition coefficient (Wildman–Crippen LogP) is 4.62. The molecule has 0 amide bonds. The molecule has 0 saturated heterocycles. The third-order valence-electron chi connectivity index (χ3n) is 4.48. The van der Waals surface area contributed by atoms with Crippen LogP contribution in [0.1, 0.15) is 50.6 Å². The van der Waals surface area contributed by atoms with Gasteiger partial charge in [-0.2, -0.15) is 0 Å². The Labute approximate surface area is 116 Å². The minimum absolute atomic E-state index is 0.235. The molecule has 0 aromatic heterocycles. The quantitative estimate of drug-likeness (QED) is 0.802. The van der Waals surface area contributed by atoms with Crippen LogP contribution >= 0.6 is 11.8 Å². The van der Waals surface area contributed by atoms with E-state index >= 15 is 0 Å². The van der Waals surface area contributed by atoms with Crippen molar-refractivity contribution in [2.24, 2.45) is 17.6 Å². The van der Waals surface area contributed by atoms with Gasteiger partial charge in [0.25, 0.3) is 0 Å². The normalized spacial score (nSPS) is 25.9. The monoisotopic (exact) mass is 263 g/mol. The highest BCUT2D eigenvalue weighted by Crippen LogP contribution is 2.36. The Morgan fingerprint density at radius 2 is 1.78 bits per heavy atom. The second kappa shape index (κ2) is 6.63. The van der Waals surface area contributed by atoms with Gasteiger partial charge in [-0.15, -0.1) is 11.8 Å². The molecule has 1 aliphatic carbocycles. The fourth-order valence-electron chi connectivity index (χ4n) is 3.05. The van der Waals surface area contributed by atoms with Crippen LogP contribution in [0.15, 0.2) is 29.2 Å². The van der Waals surface area contributed by atoms with Crippen LogP contribution in [0.3, 0.4) is 0 Å². The number of hydrogen-bond donors (Lipinski definition) is 1. The Morgan fingerprint density at radius 3 is 2.28 bits per heavy atom. The number of benzene rings is 1. The maximum Gasteiger partial charge on any atom is 0.0323 e. The molecule has 1 aromatic carbocycles. The van der Waals surface area contributed by atoms with Crippen LogP contribution in [0, 0.1) is 11.8 Å². The van der Waals surface area contributed by atoms with Crippen molar-refractivity contribution >= 4 is 11.8 Å². The fourth-order valence-corrected chi connectivity index (χ4v) is 3.46. The third-order valence-corrected chi connectivity index (χ3v) is 5.22. The lowest BCUT2D eigenvalue weighted by Gasteiger charge is -2.32. The van der Waals surface area contributed by atoms with E-state index in [9.17, 15) is 0 Å². The molecule has 2 N–H and O–H groups in total. The first-order valence-corrected chi connectivity index (χ1v) is 8.36. The zero-order chi connectivity index (χ0) is 13.0. The van der Waals surface area contributed by atoms with Gasteiger partial charge in [-0.05, 0) is 48.6 Å². The lowest BCUT2D eigenvalue weighted by atomic mass is 9.76. The second-order valence-corrected chi connectivity index (χ2v) is 6.37. The lowest BCUT2D eigenvalue weighted by molar-refractivity contribution is 0.240. The molecule has 1 fully saturated rings. The molecule has 1 aliphatic rings. The van der Waals surface area contributed by atoms with Gasteiger partial charge in [0.1, 0.15) is 0 Å². The zero-order valence-electron chi connectivity index (χ0n) is 11.6. The van der Waals surface area contributed by atoms with Gasteiger partial charge in [0.2, 0.25) is 0 Å². The van der Waals surface area contributed by atoms with Crippen molar-refractivity contribution in [1.29, 1.82) is 0 Å². The largest absolute Gasteiger partial charge is 0.324 e. The van der Waals surface area contributed by atoms with Crippen molar-refractivity contribution in [2.45, 2.75) is 50.0 Å². The van der Waals surface area contributed by atoms with Gasteiger partial charge in [-0.1, -0.05) is 38.3 Å². The van der Waals surface area contributed by atoms with E-state index in [0.717, 1.165) is 5.92 Å². The van der Waals surface area contributed by atoms with E-state index in [1.54, 1.807) is 11.8 Å². The number of rotatable bonds is 4. The summed E-state index contributed by atoms with van der Waals surface area (Å²) in [5, 5.41) is 0. The molecule has 0 spiro atoms. The van der Waals surface area contributed by atoms with Crippen LogP contribution in [-0.2, 0) is 0 Å². The minimum atomic E-state index is 0.235. The van der Waals surface area contributed by atoms with Crippen LogP contribution in [0.4, 0.5) is 0 Å². The summed E-state index contributed by atoms with van der Waals surface area (Å²) in [7, 11) is 0. The minimum Gasteiger partial charge on any atom is -0.324 e. The van der Waals surface area contributed by atoms with E-state index in [1.165, 1.54) is 42.6 Å². The zero-order valence-corrected chi connectivity index (χ0v) is 12.4. The topological polar surface area (TPSA) is 26.0 Å². The van der Waals surface area contributed by atoms with Gasteiger partial charge in [0.15, 0.2) is 0 Å². The number of hydrogen-bond acceptors (Lipinski definition) is 2. The molecule has 2 rings (SSSR count). The first-order chi connectivity index (χ1) is 8.74. The highest BCUT2D eigenvalue weighted by atomic mass is 32.2. The maximum atomic E-state index is 6.44. The van der Waals surface area contributed by atoms with Gasteiger partial charge in [0, 0.05) is 10.9 Å². The lowest BCUT2D eigenvalue weighted by Crippen LogP contribution is -2.25. The number of nitrogens with two attached hydrogens (primary N) is 1. The number of thioether (sulfide) groups is 1. The van der Waals surface area contributed by atoms with Crippen molar-refractivity contribution in [3.63, 3.8) is 0 Å². The van der Waals surface area contributed by atoms with Crippen molar-refractivity contribution in [2.75, 3.05) is 6.26 Å². The summed E-state index contributed by atoms with van der Waals surface area (Å²) in [4.78, 5) is 1.32. The summed E-state index contributed by atoms with van der Waals surface area (Å²) in [5.74, 6) is 1.64. The standard InChI is InChI=1S/C16H25NS/c1-3-12-4-6-13(7-5-12)16(17)14-8-10-15(18-2)11-9-14/h8-13,16H,3-7,17H2,1-2H3. The molecule has 1 saturated carbocycles. The van der Waals surface area contributed by atoms with E-state index < -0.39 is 0 Å². The van der Waals surface area contributed by atoms with Crippen molar-refractivity contribution < 1.29 is 0 Å². The van der Waals surface area contributed by atoms with Gasteiger partial charge in [-0.25, -0.2) is 0 Å². The molecule has 2 heteroatoms. The maximum absolute atomic E-state index is 6.44. The van der Waals surface area contributed by atoms with E-state index in [2.05, 4.69) is 37.4 Å². The van der Waals surface area contributed by atoms with Crippen LogP contribution < -0.4 is 5.73 Å². The van der Waals surface area contributed by atoms with Crippen LogP contribution in [-0.4, -0.2) is 6.26 Å². The Hall–Kier alpha value is -0.470. The molecule has 1 aromatic rings. The molecular weight excluding hydrogens is 238 g/mol. The average Bonchev–Trinajstić information content (AvgIpc) is 2.47. The summed E-state index contributed by atoms with van der Waals surface area (Å²) < 4.78 is 0. The van der Waals surface area contributed by atoms with E-state index in [-0.39, 0.29) is 6.04 Å². The average molecular weight is 263 g/mol. The van der Waals surface area contributed by atoms with Gasteiger partial charge in [0.05, 0.1) is 0 Å². The SMILES string of the molecule is CCC1CCC(C(N)c2ccc(SC)cc2)CC1. The summed E-state index contributed by atoms with van der Waals surface area (Å²) in [6.45, 7) is 2.31. The van der Waals surface area contributed by atoms with E-state index in [0.29, 0.717) is 5.92 Å². The molecule has 1 atom stereocenters. The first-order valence-electron chi connectivity index (χ1n) is 7.14. The molecule has 1 nitrogen and oxygen atoms in total. The van der Waals surface area contributed by atoms with Crippen molar-refractivity contribution in [3.05, 3.63) is 29.8 Å². The highest BCUT2D eigenvalue weighted by Gasteiger charge is 2.25. The van der Waals surface area contributed by atoms with Crippen molar-refractivity contribution in [1.82, 2.24) is 0 Å². The Balaban J connectivity index is 1.96. The van der Waals surface area contributed by atoms with Crippen LogP contribution in [0.2, 0.25) is 0 Å². The second-order valence-electron chi connectivity index (χ2n) is 5.49. The molecule has 0 radical (unpaired) electrons. The predicted molar refractivity (Wildman–Crippen MR) is 80.9 cm³/mol. The Bertz CT molecular complexity index is 352. The molecule has 0 bridgehead atoms. The first kappa shape index (κ1) is 14.0. The Morgan fingerprint density at radius 1 is 1.17 bits per heavy atom. The van der Waals surface area contributed by atoms with Gasteiger partial charge < -0.3 is 5.73 Å². The molecule has 100 valence electrons. The molecule has 0 heterocycles. The van der Waals surface area contributed by atoms with Gasteiger partial charge in [-0.3, -0.25) is 0 Å². The molecule has 1 unspecified atom stereocenters. The summed E-state index contributed by atoms with van der Waals surface area (Å²) in [6, 6.07) is 9.04. The van der Waals surface area contributed by atoms with Crippen LogP contribution in [0.5, 0.6) is 0 Å². The molecular formula is C16H25NS. The highest BCUT2D eigenvalue weighted by molar-refractivity contribution is 7.98. The third kappa shape index (κ3) is 3.30. The molecule has 18 heavy (non-hydrogen) atoms. The Kier molecular flexibility index (Phi) is 5.13. The summed E-state index contributed by atoms with van der Waals surface area (Å²) in [5.41, 5.74) is 7.75. The van der Waals surface area contributed by atoms with Crippen LogP contribution in [0.25, 0.3) is 0 Å². The van der Waals surface area contributed by atoms with E-state index in [1.807, 2.05) is 0 Å². The fraction of sp³-hybridized carbons (Fsp3) is 0.625.